The van der Waals surface area contributed by atoms with Crippen LogP contribution in [-0.2, 0) is 6.54 Å². The first-order chi connectivity index (χ1) is 5.59. The molecule has 12 heavy (non-hydrogen) atoms. The summed E-state index contributed by atoms with van der Waals surface area (Å²) in [5.41, 5.74) is 5.48. The average Bonchev–Trinajstić information content (AvgIpc) is 2.35. The van der Waals surface area contributed by atoms with Gasteiger partial charge in [0.25, 0.3) is 0 Å². The van der Waals surface area contributed by atoms with Crippen LogP contribution < -0.4 is 5.73 Å². The molecule has 0 fully saturated rings. The average molecular weight is 295 g/mol. The second-order valence-electron chi connectivity index (χ2n) is 2.68. The van der Waals surface area contributed by atoms with E-state index in [-0.39, 0.29) is 5.92 Å². The molecule has 0 saturated carbocycles. The number of hydrogen-bond donors (Lipinski definition) is 1. The van der Waals surface area contributed by atoms with Gasteiger partial charge in [-0.1, -0.05) is 19.1 Å². The Morgan fingerprint density at radius 3 is 3.00 bits per heavy atom. The highest BCUT2D eigenvalue weighted by atomic mass is 127. The van der Waals surface area contributed by atoms with Crippen LogP contribution in [0.2, 0.25) is 0 Å². The molecule has 1 atom stereocenters. The fourth-order valence-corrected chi connectivity index (χ4v) is 1.33. The minimum atomic E-state index is 0.204. The summed E-state index contributed by atoms with van der Waals surface area (Å²) in [6.07, 6.45) is 3.78. The molecule has 0 amide bonds. The third-order valence-corrected chi connectivity index (χ3v) is 2.51. The first-order valence-corrected chi connectivity index (χ1v) is 5.05. The summed E-state index contributed by atoms with van der Waals surface area (Å²) in [7, 11) is 0. The van der Waals surface area contributed by atoms with Crippen molar-refractivity contribution in [1.82, 2.24) is 9.78 Å². The highest BCUT2D eigenvalue weighted by molar-refractivity contribution is 14.1. The lowest BCUT2D eigenvalue weighted by Crippen LogP contribution is -2.23. The van der Waals surface area contributed by atoms with Crippen LogP contribution in [0.3, 0.4) is 0 Å². The third kappa shape index (κ3) is 2.71. The first-order valence-electron chi connectivity index (χ1n) is 3.57. The van der Waals surface area contributed by atoms with Gasteiger partial charge in [0.1, 0.15) is 0 Å². The molecule has 0 aliphatic heterocycles. The molecule has 1 aromatic heterocycles. The van der Waals surface area contributed by atoms with Gasteiger partial charge in [0, 0.05) is 18.7 Å². The van der Waals surface area contributed by atoms with Crippen molar-refractivity contribution in [3.63, 3.8) is 0 Å². The van der Waals surface area contributed by atoms with E-state index in [4.69, 9.17) is 18.0 Å². The van der Waals surface area contributed by atoms with Crippen LogP contribution in [0.15, 0.2) is 12.4 Å². The predicted octanol–water partition coefficient (Wildman–Crippen LogP) is 1.41. The lowest BCUT2D eigenvalue weighted by atomic mass is 10.2. The molecule has 0 saturated heterocycles. The molecule has 1 aromatic rings. The molecule has 0 bridgehead atoms. The van der Waals surface area contributed by atoms with Crippen molar-refractivity contribution in [2.75, 3.05) is 0 Å². The highest BCUT2D eigenvalue weighted by Gasteiger charge is 2.06. The lowest BCUT2D eigenvalue weighted by Gasteiger charge is -2.08. The summed E-state index contributed by atoms with van der Waals surface area (Å²) in [5, 5.41) is 4.13. The molecule has 5 heteroatoms. The van der Waals surface area contributed by atoms with Crippen molar-refractivity contribution in [3.8, 4) is 0 Å². The number of nitrogens with two attached hydrogens (primary N) is 1. The third-order valence-electron chi connectivity index (χ3n) is 1.55. The Morgan fingerprint density at radius 2 is 2.58 bits per heavy atom. The molecule has 2 N–H and O–H groups in total. The van der Waals surface area contributed by atoms with Gasteiger partial charge in [-0.25, -0.2) is 0 Å². The van der Waals surface area contributed by atoms with Crippen molar-refractivity contribution in [2.45, 2.75) is 13.5 Å². The summed E-state index contributed by atoms with van der Waals surface area (Å²) in [6.45, 7) is 2.76. The van der Waals surface area contributed by atoms with Gasteiger partial charge < -0.3 is 5.73 Å². The molecule has 66 valence electrons. The normalized spacial score (nSPS) is 12.8. The minimum absolute atomic E-state index is 0.204. The quantitative estimate of drug-likeness (QED) is 0.677. The SMILES string of the molecule is CC(Cn1cc(I)cn1)C(N)=S. The van der Waals surface area contributed by atoms with E-state index in [2.05, 4.69) is 27.7 Å². The zero-order valence-electron chi connectivity index (χ0n) is 6.70. The Kier molecular flexibility index (Phi) is 3.45. The number of nitrogens with zero attached hydrogens (tertiary/aromatic N) is 2. The van der Waals surface area contributed by atoms with E-state index in [9.17, 15) is 0 Å². The minimum Gasteiger partial charge on any atom is -0.393 e. The Bertz CT molecular complexity index is 284. The number of halogens is 1. The fraction of sp³-hybridized carbons (Fsp3) is 0.429. The van der Waals surface area contributed by atoms with Crippen LogP contribution in [0.25, 0.3) is 0 Å². The van der Waals surface area contributed by atoms with E-state index in [0.717, 1.165) is 10.1 Å². The van der Waals surface area contributed by atoms with Gasteiger partial charge in [-0.15, -0.1) is 0 Å². The largest absolute Gasteiger partial charge is 0.393 e. The van der Waals surface area contributed by atoms with E-state index in [1.807, 2.05) is 24.0 Å². The van der Waals surface area contributed by atoms with E-state index < -0.39 is 0 Å². The van der Waals surface area contributed by atoms with E-state index >= 15 is 0 Å². The molecule has 1 heterocycles. The van der Waals surface area contributed by atoms with Crippen LogP contribution >= 0.6 is 34.8 Å². The Morgan fingerprint density at radius 1 is 1.92 bits per heavy atom. The van der Waals surface area contributed by atoms with Crippen LogP contribution in [0.4, 0.5) is 0 Å². The zero-order valence-corrected chi connectivity index (χ0v) is 9.67. The van der Waals surface area contributed by atoms with Crippen molar-refractivity contribution >= 4 is 39.8 Å². The molecule has 0 aliphatic rings. The maximum absolute atomic E-state index is 5.48. The van der Waals surface area contributed by atoms with Crippen molar-refractivity contribution in [3.05, 3.63) is 16.0 Å². The first kappa shape index (κ1) is 9.91. The van der Waals surface area contributed by atoms with Gasteiger partial charge in [-0.05, 0) is 22.6 Å². The number of hydrogen-bond acceptors (Lipinski definition) is 2. The summed E-state index contributed by atoms with van der Waals surface area (Å²) in [6, 6.07) is 0. The standard InChI is InChI=1S/C7H10IN3S/c1-5(7(9)12)3-11-4-6(8)2-10-11/h2,4-5H,3H2,1H3,(H2,9,12). The zero-order chi connectivity index (χ0) is 9.14. The monoisotopic (exact) mass is 295 g/mol. The van der Waals surface area contributed by atoms with Gasteiger partial charge in [0.15, 0.2) is 0 Å². The Labute approximate surface area is 90.5 Å². The van der Waals surface area contributed by atoms with Crippen LogP contribution in [-0.4, -0.2) is 14.8 Å². The van der Waals surface area contributed by atoms with E-state index in [0.29, 0.717) is 4.99 Å². The topological polar surface area (TPSA) is 43.8 Å². The molecular formula is C7H10IN3S. The molecule has 0 spiro atoms. The number of thiocarbonyl (C=S) groups is 1. The molecule has 0 aromatic carbocycles. The second-order valence-corrected chi connectivity index (χ2v) is 4.40. The lowest BCUT2D eigenvalue weighted by molar-refractivity contribution is 0.543. The predicted molar refractivity (Wildman–Crippen MR) is 60.9 cm³/mol. The van der Waals surface area contributed by atoms with Gasteiger partial charge in [0.05, 0.1) is 14.8 Å². The smallest absolute Gasteiger partial charge is 0.0774 e. The van der Waals surface area contributed by atoms with Crippen LogP contribution in [0.5, 0.6) is 0 Å². The molecule has 1 rings (SSSR count). The number of aromatic nitrogens is 2. The fourth-order valence-electron chi connectivity index (χ4n) is 0.809. The van der Waals surface area contributed by atoms with Gasteiger partial charge in [0.2, 0.25) is 0 Å². The second kappa shape index (κ2) is 4.18. The van der Waals surface area contributed by atoms with Gasteiger partial charge in [-0.3, -0.25) is 4.68 Å². The van der Waals surface area contributed by atoms with Crippen molar-refractivity contribution in [1.29, 1.82) is 0 Å². The Balaban J connectivity index is 2.58. The van der Waals surface area contributed by atoms with Gasteiger partial charge >= 0.3 is 0 Å². The molecule has 1 unspecified atom stereocenters. The molecular weight excluding hydrogens is 285 g/mol. The maximum atomic E-state index is 5.48. The van der Waals surface area contributed by atoms with Crippen molar-refractivity contribution < 1.29 is 0 Å². The van der Waals surface area contributed by atoms with E-state index in [1.165, 1.54) is 0 Å². The summed E-state index contributed by atoms with van der Waals surface area (Å²) < 4.78 is 2.98. The molecule has 0 aliphatic carbocycles. The summed E-state index contributed by atoms with van der Waals surface area (Å²) in [4.78, 5) is 0.542. The van der Waals surface area contributed by atoms with E-state index in [1.54, 1.807) is 0 Å². The number of rotatable bonds is 3. The molecule has 0 radical (unpaired) electrons. The highest BCUT2D eigenvalue weighted by Crippen LogP contribution is 2.04. The summed E-state index contributed by atoms with van der Waals surface area (Å²) >= 11 is 7.08. The van der Waals surface area contributed by atoms with Crippen LogP contribution in [0.1, 0.15) is 6.92 Å². The summed E-state index contributed by atoms with van der Waals surface area (Å²) in [5.74, 6) is 0.204. The van der Waals surface area contributed by atoms with Crippen LogP contribution in [0, 0.1) is 9.49 Å². The van der Waals surface area contributed by atoms with Gasteiger partial charge in [-0.2, -0.15) is 5.10 Å². The molecule has 3 nitrogen and oxygen atoms in total. The Hall–Kier alpha value is -0.170. The maximum Gasteiger partial charge on any atom is 0.0774 e. The van der Waals surface area contributed by atoms with Crippen molar-refractivity contribution in [2.24, 2.45) is 11.7 Å².